The van der Waals surface area contributed by atoms with Crippen LogP contribution in [0, 0.1) is 0 Å². The fraction of sp³-hybridized carbons (Fsp3) is 0.632. The maximum Gasteiger partial charge on any atom is 0.248 e. The number of ether oxygens (including phenoxy) is 1. The monoisotopic (exact) mass is 534 g/mol. The summed E-state index contributed by atoms with van der Waals surface area (Å²) in [6, 6.07) is 4.32. The summed E-state index contributed by atoms with van der Waals surface area (Å²) in [4.78, 5) is 15.3. The molecule has 0 spiro atoms. The smallest absolute Gasteiger partial charge is 0.248 e. The molecule has 8 nitrogen and oxygen atoms in total. The highest BCUT2D eigenvalue weighted by atomic mass is 127. The number of halogens is 1. The first-order valence-corrected chi connectivity index (χ1v) is 10.8. The molecule has 10 heteroatoms. The molecule has 1 aliphatic rings. The molecule has 0 saturated carbocycles. The highest BCUT2D eigenvalue weighted by Gasteiger charge is 2.20. The molecule has 0 aromatic carbocycles. The van der Waals surface area contributed by atoms with E-state index in [1.54, 1.807) is 0 Å². The second kappa shape index (κ2) is 12.5. The van der Waals surface area contributed by atoms with Crippen LogP contribution < -0.4 is 5.32 Å². The normalized spacial score (nSPS) is 16.5. The van der Waals surface area contributed by atoms with Crippen LogP contribution in [0.2, 0.25) is 0 Å². The predicted octanol–water partition coefficient (Wildman–Crippen LogP) is 3.13. The third-order valence-electron chi connectivity index (χ3n) is 4.59. The van der Waals surface area contributed by atoms with Gasteiger partial charge in [-0.15, -0.1) is 35.3 Å². The molecular formula is C19H31IN6O2S. The zero-order valence-electron chi connectivity index (χ0n) is 17.3. The summed E-state index contributed by atoms with van der Waals surface area (Å²) in [5.74, 6) is 1.98. The number of thiophene rings is 1. The average Bonchev–Trinajstić information content (AvgIpc) is 3.38. The van der Waals surface area contributed by atoms with Gasteiger partial charge in [-0.2, -0.15) is 4.98 Å². The number of hydrogen-bond donors (Lipinski definition) is 1. The summed E-state index contributed by atoms with van der Waals surface area (Å²) < 4.78 is 10.8. The van der Waals surface area contributed by atoms with Gasteiger partial charge in [0.2, 0.25) is 5.89 Å². The van der Waals surface area contributed by atoms with E-state index in [9.17, 15) is 0 Å². The van der Waals surface area contributed by atoms with E-state index in [0.717, 1.165) is 45.2 Å². The van der Waals surface area contributed by atoms with Gasteiger partial charge in [-0.1, -0.05) is 11.2 Å². The van der Waals surface area contributed by atoms with E-state index in [1.807, 2.05) is 25.2 Å². The Bertz CT molecular complexity index is 731. The van der Waals surface area contributed by atoms with Crippen molar-refractivity contribution in [3.63, 3.8) is 0 Å². The Labute approximate surface area is 193 Å². The lowest BCUT2D eigenvalue weighted by Crippen LogP contribution is -2.52. The van der Waals surface area contributed by atoms with Crippen molar-refractivity contribution in [2.45, 2.75) is 40.0 Å². The second-order valence-corrected chi connectivity index (χ2v) is 7.69. The number of piperazine rings is 1. The molecule has 0 radical (unpaired) electrons. The lowest BCUT2D eigenvalue weighted by molar-refractivity contribution is 0.0683. The molecule has 0 aliphatic carbocycles. The molecule has 3 heterocycles. The molecule has 0 amide bonds. The van der Waals surface area contributed by atoms with E-state index in [1.165, 1.54) is 4.88 Å². The van der Waals surface area contributed by atoms with Crippen LogP contribution in [-0.2, 0) is 17.8 Å². The largest absolute Gasteiger partial charge is 0.371 e. The van der Waals surface area contributed by atoms with Crippen LogP contribution in [0.1, 0.15) is 43.5 Å². The molecule has 1 saturated heterocycles. The van der Waals surface area contributed by atoms with Gasteiger partial charge in [0.25, 0.3) is 0 Å². The van der Waals surface area contributed by atoms with Gasteiger partial charge in [0.1, 0.15) is 12.6 Å². The Morgan fingerprint density at radius 2 is 2.14 bits per heavy atom. The van der Waals surface area contributed by atoms with Crippen LogP contribution >= 0.6 is 35.3 Å². The lowest BCUT2D eigenvalue weighted by atomic mass is 10.3. The van der Waals surface area contributed by atoms with Crippen molar-refractivity contribution in [2.24, 2.45) is 4.99 Å². The maximum atomic E-state index is 5.50. The molecule has 1 N–H and O–H groups in total. The minimum absolute atomic E-state index is 0. The van der Waals surface area contributed by atoms with Crippen LogP contribution in [0.5, 0.6) is 0 Å². The number of nitrogens with zero attached hydrogens (tertiary/aromatic N) is 5. The van der Waals surface area contributed by atoms with E-state index >= 15 is 0 Å². The Morgan fingerprint density at radius 1 is 1.34 bits per heavy atom. The quantitative estimate of drug-likeness (QED) is 0.317. The molecule has 3 rings (SSSR count). The summed E-state index contributed by atoms with van der Waals surface area (Å²) in [5, 5.41) is 9.51. The molecular weight excluding hydrogens is 503 g/mol. The second-order valence-electron chi connectivity index (χ2n) is 6.66. The van der Waals surface area contributed by atoms with E-state index in [4.69, 9.17) is 14.3 Å². The van der Waals surface area contributed by atoms with Crippen molar-refractivity contribution in [1.29, 1.82) is 0 Å². The van der Waals surface area contributed by atoms with Gasteiger partial charge >= 0.3 is 0 Å². The Balaban J connectivity index is 0.00000300. The molecule has 29 heavy (non-hydrogen) atoms. The van der Waals surface area contributed by atoms with Crippen LogP contribution in [0.4, 0.5) is 0 Å². The van der Waals surface area contributed by atoms with Crippen molar-refractivity contribution in [1.82, 2.24) is 25.3 Å². The van der Waals surface area contributed by atoms with Gasteiger partial charge < -0.3 is 19.5 Å². The van der Waals surface area contributed by atoms with Crippen LogP contribution in [-0.4, -0.2) is 65.2 Å². The summed E-state index contributed by atoms with van der Waals surface area (Å²) in [6.45, 7) is 12.7. The van der Waals surface area contributed by atoms with Gasteiger partial charge in [-0.3, -0.25) is 4.90 Å². The minimum atomic E-state index is -0.170. The lowest BCUT2D eigenvalue weighted by Gasteiger charge is -2.36. The van der Waals surface area contributed by atoms with Gasteiger partial charge in [0.05, 0.1) is 0 Å². The topological polar surface area (TPSA) is 79.0 Å². The Morgan fingerprint density at radius 3 is 2.79 bits per heavy atom. The van der Waals surface area contributed by atoms with Gasteiger partial charge in [-0.05, 0) is 32.2 Å². The number of aromatic nitrogens is 2. The predicted molar refractivity (Wildman–Crippen MR) is 126 cm³/mol. The van der Waals surface area contributed by atoms with E-state index < -0.39 is 0 Å². The van der Waals surface area contributed by atoms with Gasteiger partial charge in [-0.25, -0.2) is 4.99 Å². The highest BCUT2D eigenvalue weighted by Crippen LogP contribution is 2.15. The first-order valence-electron chi connectivity index (χ1n) is 9.91. The molecule has 162 valence electrons. The van der Waals surface area contributed by atoms with Crippen LogP contribution in [0.15, 0.2) is 27.0 Å². The Kier molecular flexibility index (Phi) is 10.3. The average molecular weight is 534 g/mol. The first kappa shape index (κ1) is 24.0. The molecule has 1 atom stereocenters. The molecule has 1 aliphatic heterocycles. The van der Waals surface area contributed by atoms with Crippen LogP contribution in [0.25, 0.3) is 0 Å². The Hall–Kier alpha value is -1.24. The standard InChI is InChI=1S/C19H30N6O2S.HI/c1-4-20-19(21-13-17-22-18(23-27-17)15(3)26-5-2)25-10-8-24(9-11-25)14-16-7-6-12-28-16;/h6-7,12,15H,4-5,8-11,13-14H2,1-3H3,(H,20,21);1H. The van der Waals surface area contributed by atoms with Crippen molar-refractivity contribution < 1.29 is 9.26 Å². The summed E-state index contributed by atoms with van der Waals surface area (Å²) >= 11 is 1.82. The third-order valence-corrected chi connectivity index (χ3v) is 5.46. The zero-order valence-corrected chi connectivity index (χ0v) is 20.5. The van der Waals surface area contributed by atoms with Crippen molar-refractivity contribution in [3.8, 4) is 0 Å². The number of hydrogen-bond acceptors (Lipinski definition) is 7. The van der Waals surface area contributed by atoms with Gasteiger partial charge in [0.15, 0.2) is 11.8 Å². The maximum absolute atomic E-state index is 5.50. The number of guanidine groups is 1. The fourth-order valence-electron chi connectivity index (χ4n) is 3.13. The first-order chi connectivity index (χ1) is 13.7. The summed E-state index contributed by atoms with van der Waals surface area (Å²) in [7, 11) is 0. The van der Waals surface area contributed by atoms with E-state index in [2.05, 4.69) is 49.7 Å². The highest BCUT2D eigenvalue weighted by molar-refractivity contribution is 14.0. The third kappa shape index (κ3) is 7.19. The molecule has 2 aromatic heterocycles. The minimum Gasteiger partial charge on any atom is -0.371 e. The zero-order chi connectivity index (χ0) is 19.8. The number of nitrogens with one attached hydrogen (secondary N) is 1. The summed E-state index contributed by atoms with van der Waals surface area (Å²) in [5.41, 5.74) is 0. The molecule has 1 fully saturated rings. The number of rotatable bonds is 8. The van der Waals surface area contributed by atoms with Crippen LogP contribution in [0.3, 0.4) is 0 Å². The molecule has 0 bridgehead atoms. The summed E-state index contributed by atoms with van der Waals surface area (Å²) in [6.07, 6.45) is -0.170. The fourth-order valence-corrected chi connectivity index (χ4v) is 3.88. The molecule has 1 unspecified atom stereocenters. The van der Waals surface area contributed by atoms with Crippen molar-refractivity contribution in [2.75, 3.05) is 39.3 Å². The van der Waals surface area contributed by atoms with Crippen molar-refractivity contribution >= 4 is 41.3 Å². The van der Waals surface area contributed by atoms with E-state index in [-0.39, 0.29) is 30.1 Å². The molecule has 2 aromatic rings. The van der Waals surface area contributed by atoms with Crippen molar-refractivity contribution in [3.05, 3.63) is 34.1 Å². The number of aliphatic imine (C=N–C) groups is 1. The van der Waals surface area contributed by atoms with E-state index in [0.29, 0.717) is 24.9 Å². The van der Waals surface area contributed by atoms with Gasteiger partial charge in [0, 0.05) is 50.8 Å². The SMILES string of the molecule is CCNC(=NCc1nc(C(C)OCC)no1)N1CCN(Cc2cccs2)CC1.I.